The van der Waals surface area contributed by atoms with Crippen LogP contribution in [-0.4, -0.2) is 72.2 Å². The lowest BCUT2D eigenvalue weighted by molar-refractivity contribution is -0.124. The van der Waals surface area contributed by atoms with Gasteiger partial charge in [0.1, 0.15) is 0 Å². The number of piperidine rings is 1. The van der Waals surface area contributed by atoms with Crippen molar-refractivity contribution in [2.24, 2.45) is 0 Å². The molecule has 0 aromatic rings. The molecule has 0 aromatic carbocycles. The van der Waals surface area contributed by atoms with Gasteiger partial charge in [0.05, 0.1) is 13.2 Å². The monoisotopic (exact) mass is 255 g/mol. The summed E-state index contributed by atoms with van der Waals surface area (Å²) in [6, 6.07) is 1.08. The van der Waals surface area contributed by atoms with Gasteiger partial charge in [-0.05, 0) is 26.3 Å². The Kier molecular flexibility index (Phi) is 4.97. The van der Waals surface area contributed by atoms with Crippen molar-refractivity contribution < 1.29 is 9.90 Å². The number of fused-ring (bicyclic) bond motifs is 1. The maximum absolute atomic E-state index is 11.7. The molecule has 2 N–H and O–H groups in total. The highest BCUT2D eigenvalue weighted by Gasteiger charge is 2.33. The summed E-state index contributed by atoms with van der Waals surface area (Å²) in [5, 5.41) is 11.4. The van der Waals surface area contributed by atoms with E-state index in [1.54, 1.807) is 0 Å². The van der Waals surface area contributed by atoms with Gasteiger partial charge in [0, 0.05) is 31.7 Å². The maximum Gasteiger partial charge on any atom is 0.234 e. The minimum Gasteiger partial charge on any atom is -0.395 e. The first kappa shape index (κ1) is 13.8. The van der Waals surface area contributed by atoms with Crippen molar-refractivity contribution in [2.45, 2.75) is 38.3 Å². The van der Waals surface area contributed by atoms with Crippen LogP contribution in [0.5, 0.6) is 0 Å². The van der Waals surface area contributed by atoms with Crippen molar-refractivity contribution in [2.75, 3.05) is 39.3 Å². The van der Waals surface area contributed by atoms with Crippen molar-refractivity contribution >= 4 is 5.91 Å². The minimum atomic E-state index is 0.0116. The second kappa shape index (κ2) is 6.50. The summed E-state index contributed by atoms with van der Waals surface area (Å²) in [7, 11) is 0. The zero-order valence-electron chi connectivity index (χ0n) is 11.3. The Labute approximate surface area is 109 Å². The molecule has 0 aliphatic carbocycles. The van der Waals surface area contributed by atoms with Crippen LogP contribution in [0.4, 0.5) is 0 Å². The van der Waals surface area contributed by atoms with E-state index < -0.39 is 0 Å². The Balaban J connectivity index is 1.83. The normalized spacial score (nSPS) is 29.9. The molecule has 2 unspecified atom stereocenters. The lowest BCUT2D eigenvalue weighted by atomic mass is 9.97. The largest absolute Gasteiger partial charge is 0.395 e. The van der Waals surface area contributed by atoms with Crippen molar-refractivity contribution in [1.29, 1.82) is 0 Å². The maximum atomic E-state index is 11.7. The molecule has 2 rings (SSSR count). The van der Waals surface area contributed by atoms with Crippen LogP contribution in [-0.2, 0) is 4.79 Å². The first-order valence-electron chi connectivity index (χ1n) is 7.06. The zero-order valence-corrected chi connectivity index (χ0v) is 11.3. The molecule has 2 aliphatic rings. The Morgan fingerprint density at radius 3 is 3.00 bits per heavy atom. The molecular formula is C13H25N3O2. The van der Waals surface area contributed by atoms with Crippen LogP contribution in [0, 0.1) is 0 Å². The van der Waals surface area contributed by atoms with Gasteiger partial charge in [-0.1, -0.05) is 6.42 Å². The highest BCUT2D eigenvalue weighted by molar-refractivity contribution is 5.78. The fourth-order valence-corrected chi connectivity index (χ4v) is 3.07. The van der Waals surface area contributed by atoms with E-state index in [1.807, 2.05) is 0 Å². The summed E-state index contributed by atoms with van der Waals surface area (Å²) < 4.78 is 0. The van der Waals surface area contributed by atoms with E-state index in [0.717, 1.165) is 13.1 Å². The summed E-state index contributed by atoms with van der Waals surface area (Å²) in [5.41, 5.74) is 0. The van der Waals surface area contributed by atoms with Crippen LogP contribution >= 0.6 is 0 Å². The van der Waals surface area contributed by atoms with Gasteiger partial charge in [-0.3, -0.25) is 14.6 Å². The molecule has 0 aromatic heterocycles. The summed E-state index contributed by atoms with van der Waals surface area (Å²) in [6.45, 7) is 6.34. The first-order chi connectivity index (χ1) is 8.70. The second-order valence-corrected chi connectivity index (χ2v) is 5.50. The van der Waals surface area contributed by atoms with Gasteiger partial charge < -0.3 is 10.4 Å². The van der Waals surface area contributed by atoms with E-state index in [0.29, 0.717) is 25.2 Å². The van der Waals surface area contributed by atoms with Gasteiger partial charge in [0.15, 0.2) is 0 Å². The highest BCUT2D eigenvalue weighted by atomic mass is 16.3. The fraction of sp³-hybridized carbons (Fsp3) is 0.923. The van der Waals surface area contributed by atoms with Crippen LogP contribution in [0.2, 0.25) is 0 Å². The number of carbonyl (C=O) groups is 1. The van der Waals surface area contributed by atoms with Gasteiger partial charge in [0.2, 0.25) is 5.91 Å². The van der Waals surface area contributed by atoms with Crippen LogP contribution in [0.15, 0.2) is 0 Å². The third-order valence-electron chi connectivity index (χ3n) is 4.10. The Bertz CT molecular complexity index is 285. The molecule has 2 aliphatic heterocycles. The molecule has 5 heteroatoms. The molecule has 5 nitrogen and oxygen atoms in total. The molecule has 0 radical (unpaired) electrons. The number of carbonyl (C=O) groups excluding carboxylic acids is 1. The van der Waals surface area contributed by atoms with E-state index >= 15 is 0 Å². The third kappa shape index (κ3) is 3.43. The smallest absolute Gasteiger partial charge is 0.234 e. The number of rotatable bonds is 4. The molecule has 0 saturated carbocycles. The summed E-state index contributed by atoms with van der Waals surface area (Å²) in [4.78, 5) is 16.6. The van der Waals surface area contributed by atoms with Gasteiger partial charge in [-0.25, -0.2) is 0 Å². The van der Waals surface area contributed by atoms with E-state index in [-0.39, 0.29) is 12.5 Å². The molecule has 1 amide bonds. The topological polar surface area (TPSA) is 55.8 Å². The van der Waals surface area contributed by atoms with E-state index in [9.17, 15) is 4.79 Å². The van der Waals surface area contributed by atoms with Gasteiger partial charge in [0.25, 0.3) is 0 Å². The van der Waals surface area contributed by atoms with E-state index in [2.05, 4.69) is 22.0 Å². The Hall–Kier alpha value is -0.650. The molecule has 0 bridgehead atoms. The van der Waals surface area contributed by atoms with Crippen LogP contribution in [0.25, 0.3) is 0 Å². The number of amides is 1. The predicted octanol–water partition coefficient (Wildman–Crippen LogP) is -0.346. The van der Waals surface area contributed by atoms with Crippen molar-refractivity contribution in [3.05, 3.63) is 0 Å². The van der Waals surface area contributed by atoms with E-state index in [1.165, 1.54) is 25.8 Å². The lowest BCUT2D eigenvalue weighted by Gasteiger charge is -2.47. The van der Waals surface area contributed by atoms with Crippen LogP contribution < -0.4 is 5.32 Å². The summed E-state index contributed by atoms with van der Waals surface area (Å²) in [5.74, 6) is 0.0279. The van der Waals surface area contributed by atoms with Gasteiger partial charge >= 0.3 is 0 Å². The second-order valence-electron chi connectivity index (χ2n) is 5.50. The zero-order chi connectivity index (χ0) is 13.0. The van der Waals surface area contributed by atoms with E-state index in [4.69, 9.17) is 5.11 Å². The lowest BCUT2D eigenvalue weighted by Crippen LogP contribution is -2.60. The molecule has 2 saturated heterocycles. The minimum absolute atomic E-state index is 0.0116. The Morgan fingerprint density at radius 2 is 2.22 bits per heavy atom. The Morgan fingerprint density at radius 1 is 1.39 bits per heavy atom. The quantitative estimate of drug-likeness (QED) is 0.721. The fourth-order valence-electron chi connectivity index (χ4n) is 3.07. The molecule has 104 valence electrons. The van der Waals surface area contributed by atoms with Crippen LogP contribution in [0.3, 0.4) is 0 Å². The number of aliphatic hydroxyl groups excluding tert-OH is 1. The molecule has 2 heterocycles. The standard InChI is InChI=1S/C13H25N3O2/c1-11-8-15-6-3-2-4-12(15)9-16(11)10-13(18)14-5-7-17/h11-12,17H,2-10H2,1H3,(H,14,18). The van der Waals surface area contributed by atoms with Crippen molar-refractivity contribution in [1.82, 2.24) is 15.1 Å². The summed E-state index contributed by atoms with van der Waals surface area (Å²) in [6.07, 6.45) is 3.90. The highest BCUT2D eigenvalue weighted by Crippen LogP contribution is 2.23. The molecule has 2 fully saturated rings. The number of nitrogens with zero attached hydrogens (tertiary/aromatic N) is 2. The SMILES string of the molecule is CC1CN2CCCCC2CN1CC(=O)NCCO. The molecule has 2 atom stereocenters. The first-order valence-corrected chi connectivity index (χ1v) is 7.06. The van der Waals surface area contributed by atoms with Crippen molar-refractivity contribution in [3.63, 3.8) is 0 Å². The average molecular weight is 255 g/mol. The van der Waals surface area contributed by atoms with Crippen molar-refractivity contribution in [3.8, 4) is 0 Å². The number of hydrogen-bond acceptors (Lipinski definition) is 4. The molecule has 18 heavy (non-hydrogen) atoms. The summed E-state index contributed by atoms with van der Waals surface area (Å²) >= 11 is 0. The average Bonchev–Trinajstić information content (AvgIpc) is 2.37. The number of hydrogen-bond donors (Lipinski definition) is 2. The van der Waals surface area contributed by atoms with Gasteiger partial charge in [-0.2, -0.15) is 0 Å². The predicted molar refractivity (Wildman–Crippen MR) is 70.3 cm³/mol. The molecule has 0 spiro atoms. The number of nitrogens with one attached hydrogen (secondary N) is 1. The third-order valence-corrected chi connectivity index (χ3v) is 4.10. The van der Waals surface area contributed by atoms with Gasteiger partial charge in [-0.15, -0.1) is 0 Å². The number of aliphatic hydroxyl groups is 1. The molecular weight excluding hydrogens is 230 g/mol. The number of piperazine rings is 1. The van der Waals surface area contributed by atoms with Crippen LogP contribution in [0.1, 0.15) is 26.2 Å².